The van der Waals surface area contributed by atoms with Crippen molar-refractivity contribution >= 4 is 8.56 Å². The third-order valence-electron chi connectivity index (χ3n) is 4.52. The molecule has 0 saturated carbocycles. The molecule has 0 spiro atoms. The molecule has 0 aliphatic carbocycles. The largest absolute Gasteiger partial charge is 0.394 e. The SMILES string of the molecule is CCCC[Si](CCCN(CCCOC)CCOC)(OCCC)OCCC. The van der Waals surface area contributed by atoms with Crippen LogP contribution in [0.4, 0.5) is 0 Å². The van der Waals surface area contributed by atoms with E-state index in [1.807, 2.05) is 0 Å². The van der Waals surface area contributed by atoms with Gasteiger partial charge in [0.25, 0.3) is 0 Å². The summed E-state index contributed by atoms with van der Waals surface area (Å²) in [6.07, 6.45) is 6.75. The first-order valence-corrected chi connectivity index (χ1v) is 12.9. The maximum Gasteiger partial charge on any atom is 0.338 e. The van der Waals surface area contributed by atoms with E-state index >= 15 is 0 Å². The van der Waals surface area contributed by atoms with Gasteiger partial charge in [0, 0.05) is 47.1 Å². The lowest BCUT2D eigenvalue weighted by molar-refractivity contribution is 0.130. The van der Waals surface area contributed by atoms with Crippen LogP contribution in [0.15, 0.2) is 0 Å². The summed E-state index contributed by atoms with van der Waals surface area (Å²) in [6.45, 7) is 13.0. The van der Waals surface area contributed by atoms with Crippen molar-refractivity contribution in [2.75, 3.05) is 60.3 Å². The molecule has 0 rings (SSSR count). The van der Waals surface area contributed by atoms with E-state index in [-0.39, 0.29) is 0 Å². The predicted molar refractivity (Wildman–Crippen MR) is 112 cm³/mol. The van der Waals surface area contributed by atoms with E-state index in [0.717, 1.165) is 83.8 Å². The lowest BCUT2D eigenvalue weighted by Gasteiger charge is -2.32. The van der Waals surface area contributed by atoms with Crippen LogP contribution in [-0.2, 0) is 18.3 Å². The van der Waals surface area contributed by atoms with E-state index in [1.165, 1.54) is 12.8 Å². The monoisotopic (exact) mass is 391 g/mol. The Hall–Kier alpha value is 0.0169. The van der Waals surface area contributed by atoms with Crippen molar-refractivity contribution in [3.63, 3.8) is 0 Å². The highest BCUT2D eigenvalue weighted by atomic mass is 28.4. The van der Waals surface area contributed by atoms with E-state index in [4.69, 9.17) is 18.3 Å². The first-order chi connectivity index (χ1) is 12.7. The van der Waals surface area contributed by atoms with Gasteiger partial charge < -0.3 is 23.2 Å². The zero-order valence-electron chi connectivity index (χ0n) is 18.2. The fourth-order valence-electron chi connectivity index (χ4n) is 3.04. The summed E-state index contributed by atoms with van der Waals surface area (Å²) in [5, 5.41) is 0. The van der Waals surface area contributed by atoms with Crippen molar-refractivity contribution < 1.29 is 18.3 Å². The molecular weight excluding hydrogens is 346 g/mol. The van der Waals surface area contributed by atoms with Crippen LogP contribution in [0.5, 0.6) is 0 Å². The minimum Gasteiger partial charge on any atom is -0.394 e. The Morgan fingerprint density at radius 2 is 1.19 bits per heavy atom. The number of unbranched alkanes of at least 4 members (excludes halogenated alkanes) is 1. The number of nitrogens with zero attached hydrogens (tertiary/aromatic N) is 1. The van der Waals surface area contributed by atoms with Gasteiger partial charge in [0.1, 0.15) is 0 Å². The van der Waals surface area contributed by atoms with E-state index in [0.29, 0.717) is 0 Å². The molecule has 0 atom stereocenters. The van der Waals surface area contributed by atoms with Crippen molar-refractivity contribution in [3.8, 4) is 0 Å². The van der Waals surface area contributed by atoms with Crippen LogP contribution < -0.4 is 0 Å². The van der Waals surface area contributed by atoms with Gasteiger partial charge in [-0.2, -0.15) is 0 Å². The van der Waals surface area contributed by atoms with Crippen molar-refractivity contribution in [1.29, 1.82) is 0 Å². The average molecular weight is 392 g/mol. The number of rotatable bonds is 20. The molecule has 0 saturated heterocycles. The maximum atomic E-state index is 6.40. The van der Waals surface area contributed by atoms with Crippen molar-refractivity contribution in [2.24, 2.45) is 0 Å². The van der Waals surface area contributed by atoms with Crippen molar-refractivity contribution in [2.45, 2.75) is 71.4 Å². The summed E-state index contributed by atoms with van der Waals surface area (Å²) in [5.74, 6) is 0. The normalized spacial score (nSPS) is 12.2. The molecule has 0 radical (unpaired) electrons. The molecule has 6 heteroatoms. The Labute approximate surface area is 164 Å². The highest BCUT2D eigenvalue weighted by Gasteiger charge is 2.36. The number of methoxy groups -OCH3 is 2. The second kappa shape index (κ2) is 18.4. The molecule has 0 heterocycles. The Balaban J connectivity index is 4.65. The topological polar surface area (TPSA) is 40.2 Å². The van der Waals surface area contributed by atoms with Crippen LogP contribution in [0.2, 0.25) is 12.1 Å². The fraction of sp³-hybridized carbons (Fsp3) is 1.00. The molecule has 0 N–H and O–H groups in total. The maximum absolute atomic E-state index is 6.40. The van der Waals surface area contributed by atoms with Crippen LogP contribution in [-0.4, -0.2) is 73.7 Å². The summed E-state index contributed by atoms with van der Waals surface area (Å²) >= 11 is 0. The average Bonchev–Trinajstić information content (AvgIpc) is 2.66. The molecule has 0 aromatic carbocycles. The van der Waals surface area contributed by atoms with Crippen LogP contribution in [0, 0.1) is 0 Å². The van der Waals surface area contributed by atoms with Gasteiger partial charge in [-0.3, -0.25) is 0 Å². The molecule has 0 aromatic rings. The summed E-state index contributed by atoms with van der Waals surface area (Å²) in [4.78, 5) is 2.49. The smallest absolute Gasteiger partial charge is 0.338 e. The molecule has 0 fully saturated rings. The van der Waals surface area contributed by atoms with E-state index in [9.17, 15) is 0 Å². The number of ether oxygens (including phenoxy) is 2. The molecular formula is C20H45NO4Si. The molecule has 158 valence electrons. The van der Waals surface area contributed by atoms with Crippen LogP contribution in [0.3, 0.4) is 0 Å². The second-order valence-electron chi connectivity index (χ2n) is 7.00. The summed E-state index contributed by atoms with van der Waals surface area (Å²) in [7, 11) is 1.46. The van der Waals surface area contributed by atoms with Crippen molar-refractivity contribution in [1.82, 2.24) is 4.90 Å². The van der Waals surface area contributed by atoms with E-state index in [1.54, 1.807) is 14.2 Å². The highest BCUT2D eigenvalue weighted by molar-refractivity contribution is 6.67. The predicted octanol–water partition coefficient (Wildman–Crippen LogP) is 4.46. The number of hydrogen-bond acceptors (Lipinski definition) is 5. The number of hydrogen-bond donors (Lipinski definition) is 0. The van der Waals surface area contributed by atoms with Crippen LogP contribution >= 0.6 is 0 Å². The van der Waals surface area contributed by atoms with Gasteiger partial charge in [0.2, 0.25) is 0 Å². The van der Waals surface area contributed by atoms with Gasteiger partial charge in [-0.05, 0) is 44.3 Å². The molecule has 26 heavy (non-hydrogen) atoms. The lowest BCUT2D eigenvalue weighted by Crippen LogP contribution is -2.43. The highest BCUT2D eigenvalue weighted by Crippen LogP contribution is 2.25. The van der Waals surface area contributed by atoms with E-state index in [2.05, 4.69) is 25.7 Å². The van der Waals surface area contributed by atoms with Crippen LogP contribution in [0.25, 0.3) is 0 Å². The lowest BCUT2D eigenvalue weighted by atomic mass is 10.3. The Kier molecular flexibility index (Phi) is 18.4. The molecule has 0 bridgehead atoms. The van der Waals surface area contributed by atoms with Gasteiger partial charge >= 0.3 is 8.56 Å². The molecule has 0 aliphatic heterocycles. The Morgan fingerprint density at radius 3 is 1.73 bits per heavy atom. The third kappa shape index (κ3) is 13.2. The minimum absolute atomic E-state index is 0.782. The Morgan fingerprint density at radius 1 is 0.615 bits per heavy atom. The van der Waals surface area contributed by atoms with Gasteiger partial charge in [-0.25, -0.2) is 0 Å². The minimum atomic E-state index is -2.08. The Bertz CT molecular complexity index is 273. The molecule has 0 aliphatic rings. The summed E-state index contributed by atoms with van der Waals surface area (Å²) in [5.41, 5.74) is 0. The van der Waals surface area contributed by atoms with Gasteiger partial charge in [0.15, 0.2) is 0 Å². The van der Waals surface area contributed by atoms with E-state index < -0.39 is 8.56 Å². The van der Waals surface area contributed by atoms with Crippen LogP contribution in [0.1, 0.15) is 59.3 Å². The molecule has 0 aromatic heterocycles. The summed E-state index contributed by atoms with van der Waals surface area (Å²) in [6, 6.07) is 2.23. The van der Waals surface area contributed by atoms with Gasteiger partial charge in [0.05, 0.1) is 6.61 Å². The molecule has 0 amide bonds. The first kappa shape index (κ1) is 26.0. The van der Waals surface area contributed by atoms with Gasteiger partial charge in [-0.1, -0.05) is 33.6 Å². The zero-order chi connectivity index (χ0) is 19.5. The fourth-order valence-corrected chi connectivity index (χ4v) is 6.69. The molecule has 0 unspecified atom stereocenters. The second-order valence-corrected chi connectivity index (χ2v) is 10.4. The zero-order valence-corrected chi connectivity index (χ0v) is 19.2. The van der Waals surface area contributed by atoms with Crippen molar-refractivity contribution in [3.05, 3.63) is 0 Å². The van der Waals surface area contributed by atoms with Gasteiger partial charge in [-0.15, -0.1) is 0 Å². The molecule has 5 nitrogen and oxygen atoms in total. The standard InChI is InChI=1S/C20H45NO4Si/c1-6-9-19-26(24-15-7-2,25-16-8-3)20-11-13-21(14-18-23-5)12-10-17-22-4/h6-20H2,1-5H3. The quantitative estimate of drug-likeness (QED) is 0.226. The summed E-state index contributed by atoms with van der Waals surface area (Å²) < 4.78 is 23.3. The first-order valence-electron chi connectivity index (χ1n) is 10.7. The third-order valence-corrected chi connectivity index (χ3v) is 8.21.